The summed E-state index contributed by atoms with van der Waals surface area (Å²) in [4.78, 5) is 2.47. The Hall–Kier alpha value is -0.130. The van der Waals surface area contributed by atoms with E-state index in [-0.39, 0.29) is 0 Å². The minimum absolute atomic E-state index is 0.331. The highest BCUT2D eigenvalue weighted by atomic mass is 32.2. The monoisotopic (exact) mass is 316 g/mol. The van der Waals surface area contributed by atoms with Crippen molar-refractivity contribution < 1.29 is 8.42 Å². The SMILES string of the molecule is CCCS(=O)(=O)CCN1CC(C(C)CC)NCC1C1CC1. The standard InChI is InChI=1S/C16H32N2O2S/c1-4-9-21(19,20)10-8-18-12-15(13(3)5-2)17-11-16(18)14-6-7-14/h13-17H,4-12H2,1-3H3. The topological polar surface area (TPSA) is 49.4 Å². The molecular formula is C16H32N2O2S. The van der Waals surface area contributed by atoms with Crippen molar-refractivity contribution in [1.82, 2.24) is 10.2 Å². The van der Waals surface area contributed by atoms with E-state index in [9.17, 15) is 8.42 Å². The lowest BCUT2D eigenvalue weighted by atomic mass is 9.94. The van der Waals surface area contributed by atoms with Crippen LogP contribution in [0.5, 0.6) is 0 Å². The lowest BCUT2D eigenvalue weighted by Gasteiger charge is -2.42. The Morgan fingerprint density at radius 3 is 2.52 bits per heavy atom. The average molecular weight is 317 g/mol. The van der Waals surface area contributed by atoms with Gasteiger partial charge in [0.05, 0.1) is 5.75 Å². The van der Waals surface area contributed by atoms with Gasteiger partial charge in [-0.15, -0.1) is 0 Å². The Kier molecular flexibility index (Phi) is 6.09. The van der Waals surface area contributed by atoms with E-state index in [2.05, 4.69) is 24.1 Å². The molecular weight excluding hydrogens is 284 g/mol. The maximum Gasteiger partial charge on any atom is 0.151 e. The van der Waals surface area contributed by atoms with Gasteiger partial charge in [-0.2, -0.15) is 0 Å². The first-order valence-corrected chi connectivity index (χ1v) is 10.5. The first-order valence-electron chi connectivity index (χ1n) is 8.64. The summed E-state index contributed by atoms with van der Waals surface area (Å²) in [5.74, 6) is 2.11. The van der Waals surface area contributed by atoms with Gasteiger partial charge in [-0.25, -0.2) is 8.42 Å². The molecule has 1 saturated carbocycles. The Balaban J connectivity index is 1.94. The van der Waals surface area contributed by atoms with Gasteiger partial charge in [0.25, 0.3) is 0 Å². The molecule has 0 spiro atoms. The highest BCUT2D eigenvalue weighted by Gasteiger charge is 2.39. The number of rotatable bonds is 8. The fraction of sp³-hybridized carbons (Fsp3) is 1.00. The summed E-state index contributed by atoms with van der Waals surface area (Å²) in [5.41, 5.74) is 0. The summed E-state index contributed by atoms with van der Waals surface area (Å²) in [6, 6.07) is 1.07. The molecule has 4 nitrogen and oxygen atoms in total. The zero-order chi connectivity index (χ0) is 15.5. The molecule has 1 aliphatic carbocycles. The van der Waals surface area contributed by atoms with Crippen molar-refractivity contribution in [2.75, 3.05) is 31.1 Å². The second-order valence-corrected chi connectivity index (χ2v) is 9.26. The fourth-order valence-corrected chi connectivity index (χ4v) is 4.73. The van der Waals surface area contributed by atoms with Crippen LogP contribution in [0.3, 0.4) is 0 Å². The molecule has 0 bridgehead atoms. The van der Waals surface area contributed by atoms with E-state index >= 15 is 0 Å². The zero-order valence-electron chi connectivity index (χ0n) is 13.8. The number of nitrogens with one attached hydrogen (secondary N) is 1. The molecule has 5 heteroatoms. The van der Waals surface area contributed by atoms with Crippen molar-refractivity contribution in [3.05, 3.63) is 0 Å². The van der Waals surface area contributed by atoms with Gasteiger partial charge < -0.3 is 5.32 Å². The fourth-order valence-electron chi connectivity index (χ4n) is 3.39. The predicted molar refractivity (Wildman–Crippen MR) is 88.3 cm³/mol. The molecule has 3 unspecified atom stereocenters. The average Bonchev–Trinajstić information content (AvgIpc) is 3.28. The Bertz CT molecular complexity index is 420. The van der Waals surface area contributed by atoms with Crippen molar-refractivity contribution in [3.8, 4) is 0 Å². The molecule has 0 aromatic carbocycles. The first-order chi connectivity index (χ1) is 9.96. The van der Waals surface area contributed by atoms with Gasteiger partial charge in [0.15, 0.2) is 9.84 Å². The van der Waals surface area contributed by atoms with Gasteiger partial charge in [0.2, 0.25) is 0 Å². The van der Waals surface area contributed by atoms with E-state index < -0.39 is 9.84 Å². The van der Waals surface area contributed by atoms with Gasteiger partial charge >= 0.3 is 0 Å². The van der Waals surface area contributed by atoms with E-state index in [1.54, 1.807) is 0 Å². The second-order valence-electron chi connectivity index (χ2n) is 6.95. The summed E-state index contributed by atoms with van der Waals surface area (Å²) in [6.07, 6.45) is 4.54. The summed E-state index contributed by atoms with van der Waals surface area (Å²) in [7, 11) is -2.87. The quantitative estimate of drug-likeness (QED) is 0.743. The minimum Gasteiger partial charge on any atom is -0.311 e. The Morgan fingerprint density at radius 2 is 1.95 bits per heavy atom. The third kappa shape index (κ3) is 4.93. The Morgan fingerprint density at radius 1 is 1.24 bits per heavy atom. The van der Waals surface area contributed by atoms with Crippen molar-refractivity contribution in [2.45, 2.75) is 58.5 Å². The smallest absolute Gasteiger partial charge is 0.151 e. The highest BCUT2D eigenvalue weighted by molar-refractivity contribution is 7.91. The summed E-state index contributed by atoms with van der Waals surface area (Å²) in [5, 5.41) is 3.70. The van der Waals surface area contributed by atoms with E-state index in [0.717, 1.165) is 32.0 Å². The number of sulfone groups is 1. The maximum atomic E-state index is 12.0. The molecule has 1 heterocycles. The van der Waals surface area contributed by atoms with E-state index in [0.29, 0.717) is 29.5 Å². The molecule has 21 heavy (non-hydrogen) atoms. The predicted octanol–water partition coefficient (Wildman–Crippen LogP) is 1.91. The number of hydrogen-bond donors (Lipinski definition) is 1. The van der Waals surface area contributed by atoms with Crippen molar-refractivity contribution in [1.29, 1.82) is 0 Å². The number of piperazine rings is 1. The van der Waals surface area contributed by atoms with E-state index in [4.69, 9.17) is 0 Å². The molecule has 1 N–H and O–H groups in total. The second kappa shape index (κ2) is 7.42. The van der Waals surface area contributed by atoms with E-state index in [1.807, 2.05) is 6.92 Å². The van der Waals surface area contributed by atoms with Crippen molar-refractivity contribution >= 4 is 9.84 Å². The maximum absolute atomic E-state index is 12.0. The lowest BCUT2D eigenvalue weighted by Crippen LogP contribution is -2.59. The third-order valence-corrected chi connectivity index (χ3v) is 7.03. The van der Waals surface area contributed by atoms with Crippen molar-refractivity contribution in [2.24, 2.45) is 11.8 Å². The van der Waals surface area contributed by atoms with E-state index in [1.165, 1.54) is 19.3 Å². The zero-order valence-corrected chi connectivity index (χ0v) is 14.7. The molecule has 2 rings (SSSR count). The molecule has 1 aliphatic heterocycles. The van der Waals surface area contributed by atoms with Crippen LogP contribution in [0.2, 0.25) is 0 Å². The van der Waals surface area contributed by atoms with Crippen LogP contribution < -0.4 is 5.32 Å². The molecule has 0 aromatic rings. The van der Waals surface area contributed by atoms with Crippen LogP contribution in [0.15, 0.2) is 0 Å². The normalized spacial score (nSPS) is 29.5. The van der Waals surface area contributed by atoms with Gasteiger partial charge in [0.1, 0.15) is 0 Å². The summed E-state index contributed by atoms with van der Waals surface area (Å²) in [6.45, 7) is 9.23. The van der Waals surface area contributed by atoms with Crippen LogP contribution in [0, 0.1) is 11.8 Å². The van der Waals surface area contributed by atoms with Crippen molar-refractivity contribution in [3.63, 3.8) is 0 Å². The van der Waals surface area contributed by atoms with Crippen LogP contribution >= 0.6 is 0 Å². The Labute approximate surface area is 130 Å². The van der Waals surface area contributed by atoms with Gasteiger partial charge in [-0.1, -0.05) is 27.2 Å². The van der Waals surface area contributed by atoms with Crippen LogP contribution in [-0.2, 0) is 9.84 Å². The number of nitrogens with zero attached hydrogens (tertiary/aromatic N) is 1. The molecule has 0 amide bonds. The van der Waals surface area contributed by atoms with Crippen LogP contribution in [0.1, 0.15) is 46.5 Å². The van der Waals surface area contributed by atoms with Crippen LogP contribution in [-0.4, -0.2) is 56.5 Å². The largest absolute Gasteiger partial charge is 0.311 e. The minimum atomic E-state index is -2.87. The summed E-state index contributed by atoms with van der Waals surface area (Å²) < 4.78 is 24.0. The van der Waals surface area contributed by atoms with Gasteiger partial charge in [-0.05, 0) is 31.1 Å². The third-order valence-electron chi connectivity index (χ3n) is 5.19. The first kappa shape index (κ1) is 17.2. The molecule has 0 radical (unpaired) electrons. The van der Waals surface area contributed by atoms with Gasteiger partial charge in [0, 0.05) is 37.5 Å². The molecule has 3 atom stereocenters. The lowest BCUT2D eigenvalue weighted by molar-refractivity contribution is 0.102. The van der Waals surface area contributed by atoms with Gasteiger partial charge in [-0.3, -0.25) is 4.90 Å². The number of hydrogen-bond acceptors (Lipinski definition) is 4. The molecule has 1 saturated heterocycles. The van der Waals surface area contributed by atoms with Crippen LogP contribution in [0.4, 0.5) is 0 Å². The van der Waals surface area contributed by atoms with Crippen LogP contribution in [0.25, 0.3) is 0 Å². The summed E-state index contributed by atoms with van der Waals surface area (Å²) >= 11 is 0. The molecule has 2 fully saturated rings. The molecule has 124 valence electrons. The highest BCUT2D eigenvalue weighted by Crippen LogP contribution is 2.36. The molecule has 0 aromatic heterocycles. The molecule has 2 aliphatic rings.